The van der Waals surface area contributed by atoms with Gasteiger partial charge in [-0.05, 0) is 43.2 Å². The lowest BCUT2D eigenvalue weighted by Gasteiger charge is -2.10. The van der Waals surface area contributed by atoms with E-state index >= 15 is 0 Å². The van der Waals surface area contributed by atoms with Gasteiger partial charge in [0.1, 0.15) is 11.5 Å². The number of ether oxygens (including phenoxy) is 1. The molecular weight excluding hydrogens is 360 g/mol. The van der Waals surface area contributed by atoms with Crippen LogP contribution in [0.3, 0.4) is 0 Å². The van der Waals surface area contributed by atoms with Gasteiger partial charge in [0, 0.05) is 10.0 Å². The van der Waals surface area contributed by atoms with Gasteiger partial charge in [-0.2, -0.15) is 5.10 Å². The van der Waals surface area contributed by atoms with E-state index in [1.807, 2.05) is 32.0 Å². The SMILES string of the molecule is Cc1cccc(C)c1OCC(=O)N/N=C/c1cc(Br)ccc1O. The van der Waals surface area contributed by atoms with Crippen molar-refractivity contribution in [2.75, 3.05) is 6.61 Å². The number of nitrogens with one attached hydrogen (secondary N) is 1. The molecule has 0 saturated heterocycles. The molecule has 0 atom stereocenters. The summed E-state index contributed by atoms with van der Waals surface area (Å²) in [4.78, 5) is 11.8. The Morgan fingerprint density at radius 3 is 2.70 bits per heavy atom. The number of para-hydroxylation sites is 1. The second-order valence-corrected chi connectivity index (χ2v) is 5.92. The molecule has 6 heteroatoms. The third kappa shape index (κ3) is 4.82. The highest BCUT2D eigenvalue weighted by atomic mass is 79.9. The van der Waals surface area contributed by atoms with Crippen LogP contribution in [0.15, 0.2) is 46.0 Å². The molecule has 2 N–H and O–H groups in total. The number of rotatable bonds is 5. The lowest BCUT2D eigenvalue weighted by molar-refractivity contribution is -0.123. The highest BCUT2D eigenvalue weighted by molar-refractivity contribution is 9.10. The number of hydrogen-bond donors (Lipinski definition) is 2. The summed E-state index contributed by atoms with van der Waals surface area (Å²) in [5, 5.41) is 13.5. The average Bonchev–Trinajstić information content (AvgIpc) is 2.50. The zero-order chi connectivity index (χ0) is 16.8. The molecule has 0 aliphatic carbocycles. The summed E-state index contributed by atoms with van der Waals surface area (Å²) in [6.07, 6.45) is 1.37. The Hall–Kier alpha value is -2.34. The number of halogens is 1. The Morgan fingerprint density at radius 2 is 2.00 bits per heavy atom. The Bertz CT molecular complexity index is 724. The Morgan fingerprint density at radius 1 is 1.30 bits per heavy atom. The third-order valence-electron chi connectivity index (χ3n) is 3.14. The van der Waals surface area contributed by atoms with Crippen LogP contribution in [0.4, 0.5) is 0 Å². The summed E-state index contributed by atoms with van der Waals surface area (Å²) in [6.45, 7) is 3.72. The van der Waals surface area contributed by atoms with Crippen molar-refractivity contribution in [2.24, 2.45) is 5.10 Å². The van der Waals surface area contributed by atoms with Gasteiger partial charge in [-0.3, -0.25) is 4.79 Å². The fourth-order valence-electron chi connectivity index (χ4n) is 2.00. The number of hydrazone groups is 1. The van der Waals surface area contributed by atoms with Gasteiger partial charge in [-0.1, -0.05) is 34.1 Å². The molecule has 1 amide bonds. The number of aromatic hydroxyl groups is 1. The number of aryl methyl sites for hydroxylation is 2. The molecule has 0 unspecified atom stereocenters. The van der Waals surface area contributed by atoms with Gasteiger partial charge in [-0.25, -0.2) is 5.43 Å². The highest BCUT2D eigenvalue weighted by Crippen LogP contribution is 2.22. The van der Waals surface area contributed by atoms with E-state index in [1.54, 1.807) is 12.1 Å². The summed E-state index contributed by atoms with van der Waals surface area (Å²) in [5.74, 6) is 0.410. The van der Waals surface area contributed by atoms with Crippen LogP contribution in [0.25, 0.3) is 0 Å². The van der Waals surface area contributed by atoms with Crippen LogP contribution in [-0.2, 0) is 4.79 Å². The van der Waals surface area contributed by atoms with E-state index in [4.69, 9.17) is 4.74 Å². The standard InChI is InChI=1S/C17H17BrN2O3/c1-11-4-3-5-12(2)17(11)23-10-16(22)20-19-9-13-8-14(18)6-7-15(13)21/h3-9,21H,10H2,1-2H3,(H,20,22)/b19-9+. The Balaban J connectivity index is 1.90. The third-order valence-corrected chi connectivity index (χ3v) is 3.63. The van der Waals surface area contributed by atoms with Crippen LogP contribution in [0.5, 0.6) is 11.5 Å². The van der Waals surface area contributed by atoms with Crippen LogP contribution in [0.1, 0.15) is 16.7 Å². The second-order valence-electron chi connectivity index (χ2n) is 5.01. The molecular formula is C17H17BrN2O3. The number of amides is 1. The molecule has 2 aromatic carbocycles. The summed E-state index contributed by atoms with van der Waals surface area (Å²) < 4.78 is 6.34. The quantitative estimate of drug-likeness (QED) is 0.621. The van der Waals surface area contributed by atoms with Crippen LogP contribution in [0.2, 0.25) is 0 Å². The van der Waals surface area contributed by atoms with Gasteiger partial charge < -0.3 is 9.84 Å². The summed E-state index contributed by atoms with van der Waals surface area (Å²) in [5.41, 5.74) is 4.81. The summed E-state index contributed by atoms with van der Waals surface area (Å²) >= 11 is 3.30. The molecule has 0 aromatic heterocycles. The minimum Gasteiger partial charge on any atom is -0.507 e. The zero-order valence-corrected chi connectivity index (χ0v) is 14.4. The average molecular weight is 377 g/mol. The topological polar surface area (TPSA) is 70.9 Å². The first kappa shape index (κ1) is 17.0. The largest absolute Gasteiger partial charge is 0.507 e. The summed E-state index contributed by atoms with van der Waals surface area (Å²) in [7, 11) is 0. The van der Waals surface area contributed by atoms with Gasteiger partial charge in [0.15, 0.2) is 6.61 Å². The number of carbonyl (C=O) groups excluding carboxylic acids is 1. The number of hydrogen-bond acceptors (Lipinski definition) is 4. The van der Waals surface area contributed by atoms with Crippen LogP contribution in [0, 0.1) is 13.8 Å². The van der Waals surface area contributed by atoms with Crippen molar-refractivity contribution in [3.05, 3.63) is 57.6 Å². The van der Waals surface area contributed by atoms with Gasteiger partial charge in [0.2, 0.25) is 0 Å². The van der Waals surface area contributed by atoms with Gasteiger partial charge >= 0.3 is 0 Å². The molecule has 0 radical (unpaired) electrons. The smallest absolute Gasteiger partial charge is 0.277 e. The fourth-order valence-corrected chi connectivity index (χ4v) is 2.38. The van der Waals surface area contributed by atoms with E-state index in [-0.39, 0.29) is 18.3 Å². The minimum absolute atomic E-state index is 0.0815. The number of phenolic OH excluding ortho intramolecular Hbond substituents is 1. The number of carbonyl (C=O) groups is 1. The number of nitrogens with zero attached hydrogens (tertiary/aromatic N) is 1. The first-order valence-electron chi connectivity index (χ1n) is 6.97. The Kier molecular flexibility index (Phi) is 5.76. The van der Waals surface area contributed by atoms with E-state index in [2.05, 4.69) is 26.5 Å². The first-order valence-corrected chi connectivity index (χ1v) is 7.76. The van der Waals surface area contributed by atoms with Crippen molar-refractivity contribution in [1.29, 1.82) is 0 Å². The van der Waals surface area contributed by atoms with Crippen LogP contribution in [-0.4, -0.2) is 23.8 Å². The van der Waals surface area contributed by atoms with Crippen LogP contribution >= 0.6 is 15.9 Å². The highest BCUT2D eigenvalue weighted by Gasteiger charge is 2.06. The van der Waals surface area contributed by atoms with Gasteiger partial charge in [-0.15, -0.1) is 0 Å². The molecule has 120 valence electrons. The summed E-state index contributed by atoms with van der Waals surface area (Å²) in [6, 6.07) is 10.7. The Labute approximate surface area is 143 Å². The molecule has 23 heavy (non-hydrogen) atoms. The van der Waals surface area contributed by atoms with Crippen molar-refractivity contribution < 1.29 is 14.6 Å². The maximum atomic E-state index is 11.8. The van der Waals surface area contributed by atoms with Crippen molar-refractivity contribution in [3.8, 4) is 11.5 Å². The van der Waals surface area contributed by atoms with Crippen molar-refractivity contribution in [1.82, 2.24) is 5.43 Å². The van der Waals surface area contributed by atoms with Crippen molar-refractivity contribution in [3.63, 3.8) is 0 Å². The monoisotopic (exact) mass is 376 g/mol. The molecule has 0 aliphatic heterocycles. The maximum absolute atomic E-state index is 11.8. The molecule has 0 saturated carbocycles. The van der Waals surface area contributed by atoms with E-state index in [0.717, 1.165) is 15.6 Å². The molecule has 5 nitrogen and oxygen atoms in total. The molecule has 2 rings (SSSR count). The molecule has 0 spiro atoms. The molecule has 0 aliphatic rings. The molecule has 0 bridgehead atoms. The maximum Gasteiger partial charge on any atom is 0.277 e. The predicted octanol–water partition coefficient (Wildman–Crippen LogP) is 3.30. The molecule has 0 heterocycles. The lowest BCUT2D eigenvalue weighted by Crippen LogP contribution is -2.25. The van der Waals surface area contributed by atoms with E-state index in [1.165, 1.54) is 12.3 Å². The van der Waals surface area contributed by atoms with Crippen molar-refractivity contribution >= 4 is 28.1 Å². The molecule has 0 fully saturated rings. The minimum atomic E-state index is -0.376. The number of benzene rings is 2. The van der Waals surface area contributed by atoms with E-state index < -0.39 is 0 Å². The predicted molar refractivity (Wildman–Crippen MR) is 93.0 cm³/mol. The molecule has 2 aromatic rings. The van der Waals surface area contributed by atoms with Crippen molar-refractivity contribution in [2.45, 2.75) is 13.8 Å². The lowest BCUT2D eigenvalue weighted by atomic mass is 10.1. The zero-order valence-electron chi connectivity index (χ0n) is 12.8. The normalized spacial score (nSPS) is 10.7. The fraction of sp³-hybridized carbons (Fsp3) is 0.176. The first-order chi connectivity index (χ1) is 11.0. The van der Waals surface area contributed by atoms with Crippen LogP contribution < -0.4 is 10.2 Å². The van der Waals surface area contributed by atoms with E-state index in [0.29, 0.717) is 11.3 Å². The van der Waals surface area contributed by atoms with Gasteiger partial charge in [0.25, 0.3) is 5.91 Å². The second kappa shape index (κ2) is 7.78. The van der Waals surface area contributed by atoms with E-state index in [9.17, 15) is 9.90 Å². The number of phenols is 1. The van der Waals surface area contributed by atoms with Gasteiger partial charge in [0.05, 0.1) is 6.21 Å².